The number of hydrogen-bond acceptors (Lipinski definition) is 5. The molecule has 0 amide bonds. The largest absolute Gasteiger partial charge is 0.303 e. The fraction of sp³-hybridized carbons (Fsp3) is 0.636. The van der Waals surface area contributed by atoms with E-state index < -0.39 is 9.84 Å². The van der Waals surface area contributed by atoms with E-state index in [-0.39, 0.29) is 11.7 Å². The number of rotatable bonds is 4. The summed E-state index contributed by atoms with van der Waals surface area (Å²) in [6.45, 7) is 0. The van der Waals surface area contributed by atoms with E-state index in [1.54, 1.807) is 0 Å². The minimum Gasteiger partial charge on any atom is -0.303 e. The number of aldehydes is 1. The molecular weight excluding hydrogens is 258 g/mol. The normalized spacial score (nSPS) is 23.4. The highest BCUT2D eigenvalue weighted by molar-refractivity contribution is 7.91. The number of thiazole rings is 1. The number of hydrogen-bond donors (Lipinski definition) is 0. The fourth-order valence-electron chi connectivity index (χ4n) is 2.15. The first-order chi connectivity index (χ1) is 8.09. The van der Waals surface area contributed by atoms with Crippen LogP contribution in [0, 0.1) is 5.92 Å². The Labute approximate surface area is 105 Å². The van der Waals surface area contributed by atoms with Gasteiger partial charge in [-0.05, 0) is 18.8 Å². The zero-order chi connectivity index (χ0) is 12.3. The summed E-state index contributed by atoms with van der Waals surface area (Å²) >= 11 is 1.52. The molecule has 1 aromatic rings. The lowest BCUT2D eigenvalue weighted by atomic mass is 10.0. The van der Waals surface area contributed by atoms with Crippen LogP contribution in [0.4, 0.5) is 0 Å². The first-order valence-electron chi connectivity index (χ1n) is 5.66. The molecule has 1 saturated heterocycles. The van der Waals surface area contributed by atoms with E-state index in [9.17, 15) is 13.2 Å². The molecule has 0 aliphatic carbocycles. The summed E-state index contributed by atoms with van der Waals surface area (Å²) < 4.78 is 23.0. The van der Waals surface area contributed by atoms with Gasteiger partial charge < -0.3 is 4.79 Å². The highest BCUT2D eigenvalue weighted by Crippen LogP contribution is 2.23. The van der Waals surface area contributed by atoms with Crippen molar-refractivity contribution in [2.75, 3.05) is 11.5 Å². The van der Waals surface area contributed by atoms with Crippen molar-refractivity contribution in [2.45, 2.75) is 25.7 Å². The monoisotopic (exact) mass is 273 g/mol. The molecule has 1 aliphatic heterocycles. The second kappa shape index (κ2) is 5.27. The van der Waals surface area contributed by atoms with Crippen LogP contribution in [0.3, 0.4) is 0 Å². The Kier molecular flexibility index (Phi) is 3.93. The van der Waals surface area contributed by atoms with Crippen LogP contribution in [-0.4, -0.2) is 31.2 Å². The van der Waals surface area contributed by atoms with Crippen LogP contribution in [0.25, 0.3) is 0 Å². The Morgan fingerprint density at radius 1 is 1.53 bits per heavy atom. The van der Waals surface area contributed by atoms with Crippen molar-refractivity contribution in [3.63, 3.8) is 0 Å². The predicted molar refractivity (Wildman–Crippen MR) is 67.0 cm³/mol. The molecule has 1 unspecified atom stereocenters. The maximum Gasteiger partial charge on any atom is 0.150 e. The van der Waals surface area contributed by atoms with Gasteiger partial charge in [0.15, 0.2) is 9.84 Å². The third-order valence-corrected chi connectivity index (χ3v) is 5.72. The van der Waals surface area contributed by atoms with E-state index in [0.717, 1.165) is 36.3 Å². The topological polar surface area (TPSA) is 64.1 Å². The minimum atomic E-state index is -2.83. The molecule has 1 aliphatic rings. The number of aromatic nitrogens is 1. The second-order valence-corrected chi connectivity index (χ2v) is 7.60. The van der Waals surface area contributed by atoms with Gasteiger partial charge in [-0.15, -0.1) is 11.3 Å². The van der Waals surface area contributed by atoms with Crippen molar-refractivity contribution in [1.29, 1.82) is 0 Å². The minimum absolute atomic E-state index is 0.198. The van der Waals surface area contributed by atoms with Crippen LogP contribution < -0.4 is 0 Å². The number of carbonyl (C=O) groups is 1. The molecular formula is C11H15NO3S2. The SMILES string of the molecule is O=CCc1csc(CC2CCCS(=O)(=O)C2)n1. The van der Waals surface area contributed by atoms with Gasteiger partial charge in [-0.25, -0.2) is 13.4 Å². The van der Waals surface area contributed by atoms with Gasteiger partial charge in [0.1, 0.15) is 6.29 Å². The van der Waals surface area contributed by atoms with Crippen molar-refractivity contribution < 1.29 is 13.2 Å². The van der Waals surface area contributed by atoms with E-state index in [4.69, 9.17) is 0 Å². The first-order valence-corrected chi connectivity index (χ1v) is 8.36. The Hall–Kier alpha value is -0.750. The van der Waals surface area contributed by atoms with Crippen molar-refractivity contribution in [1.82, 2.24) is 4.98 Å². The highest BCUT2D eigenvalue weighted by Gasteiger charge is 2.25. The Balaban J connectivity index is 1.97. The molecule has 0 spiro atoms. The van der Waals surface area contributed by atoms with Gasteiger partial charge in [-0.3, -0.25) is 0 Å². The van der Waals surface area contributed by atoms with Gasteiger partial charge in [0.05, 0.1) is 22.2 Å². The quantitative estimate of drug-likeness (QED) is 0.775. The molecule has 6 heteroatoms. The van der Waals surface area contributed by atoms with E-state index >= 15 is 0 Å². The van der Waals surface area contributed by atoms with Crippen LogP contribution in [0.5, 0.6) is 0 Å². The molecule has 94 valence electrons. The third-order valence-electron chi connectivity index (χ3n) is 2.91. The van der Waals surface area contributed by atoms with Crippen molar-refractivity contribution in [2.24, 2.45) is 5.92 Å². The summed E-state index contributed by atoms with van der Waals surface area (Å²) in [6.07, 6.45) is 3.63. The van der Waals surface area contributed by atoms with Crippen LogP contribution in [0.15, 0.2) is 5.38 Å². The molecule has 2 rings (SSSR count). The van der Waals surface area contributed by atoms with Crippen LogP contribution in [0.1, 0.15) is 23.5 Å². The van der Waals surface area contributed by atoms with Gasteiger partial charge in [0.25, 0.3) is 0 Å². The molecule has 0 bridgehead atoms. The summed E-state index contributed by atoms with van der Waals surface area (Å²) in [5.74, 6) is 0.817. The molecule has 0 saturated carbocycles. The van der Waals surface area contributed by atoms with Gasteiger partial charge >= 0.3 is 0 Å². The highest BCUT2D eigenvalue weighted by atomic mass is 32.2. The molecule has 17 heavy (non-hydrogen) atoms. The third kappa shape index (κ3) is 3.61. The molecule has 0 aromatic carbocycles. The van der Waals surface area contributed by atoms with Crippen molar-refractivity contribution in [3.05, 3.63) is 16.1 Å². The molecule has 2 heterocycles. The van der Waals surface area contributed by atoms with Gasteiger partial charge in [0.2, 0.25) is 0 Å². The average molecular weight is 273 g/mol. The first kappa shape index (κ1) is 12.7. The van der Waals surface area contributed by atoms with Crippen LogP contribution in [-0.2, 0) is 27.5 Å². The van der Waals surface area contributed by atoms with E-state index in [2.05, 4.69) is 4.98 Å². The van der Waals surface area contributed by atoms with Gasteiger partial charge in [-0.2, -0.15) is 0 Å². The standard InChI is InChI=1S/C11H15NO3S2/c13-4-3-10-7-16-11(12-10)6-9-2-1-5-17(14,15)8-9/h4,7,9H,1-3,5-6,8H2. The fourth-order valence-corrected chi connectivity index (χ4v) is 4.85. The molecule has 1 fully saturated rings. The maximum absolute atomic E-state index is 11.5. The molecule has 1 aromatic heterocycles. The zero-order valence-corrected chi connectivity index (χ0v) is 11.1. The Morgan fingerprint density at radius 2 is 2.35 bits per heavy atom. The second-order valence-electron chi connectivity index (χ2n) is 4.43. The molecule has 1 atom stereocenters. The smallest absolute Gasteiger partial charge is 0.150 e. The average Bonchev–Trinajstić information content (AvgIpc) is 2.64. The number of sulfone groups is 1. The lowest BCUT2D eigenvalue weighted by Gasteiger charge is -2.20. The molecule has 4 nitrogen and oxygen atoms in total. The zero-order valence-electron chi connectivity index (χ0n) is 9.46. The van der Waals surface area contributed by atoms with E-state index in [1.165, 1.54) is 11.3 Å². The number of nitrogens with zero attached hydrogens (tertiary/aromatic N) is 1. The number of carbonyl (C=O) groups excluding carboxylic acids is 1. The Bertz CT molecular complexity index is 493. The van der Waals surface area contributed by atoms with Crippen LogP contribution in [0.2, 0.25) is 0 Å². The lowest BCUT2D eigenvalue weighted by Crippen LogP contribution is -2.26. The molecule has 0 N–H and O–H groups in total. The summed E-state index contributed by atoms with van der Waals surface area (Å²) in [5.41, 5.74) is 0.790. The molecule has 0 radical (unpaired) electrons. The lowest BCUT2D eigenvalue weighted by molar-refractivity contribution is -0.107. The van der Waals surface area contributed by atoms with Crippen molar-refractivity contribution >= 4 is 27.5 Å². The summed E-state index contributed by atoms with van der Waals surface area (Å²) in [7, 11) is -2.83. The summed E-state index contributed by atoms with van der Waals surface area (Å²) in [4.78, 5) is 14.7. The van der Waals surface area contributed by atoms with Gasteiger partial charge in [-0.1, -0.05) is 0 Å². The van der Waals surface area contributed by atoms with Crippen molar-refractivity contribution in [3.8, 4) is 0 Å². The van der Waals surface area contributed by atoms with Crippen LogP contribution >= 0.6 is 11.3 Å². The maximum atomic E-state index is 11.5. The summed E-state index contributed by atoms with van der Waals surface area (Å²) in [6, 6.07) is 0. The van der Waals surface area contributed by atoms with E-state index in [1.807, 2.05) is 5.38 Å². The van der Waals surface area contributed by atoms with Gasteiger partial charge in [0, 0.05) is 18.2 Å². The Morgan fingerprint density at radius 3 is 3.06 bits per heavy atom. The predicted octanol–water partition coefficient (Wildman–Crippen LogP) is 1.25. The van der Waals surface area contributed by atoms with E-state index in [0.29, 0.717) is 12.2 Å². The summed E-state index contributed by atoms with van der Waals surface area (Å²) in [5, 5.41) is 2.82.